The molecule has 0 saturated carbocycles. The van der Waals surface area contributed by atoms with Gasteiger partial charge in [-0.2, -0.15) is 10.1 Å². The number of halogens is 1. The maximum atomic E-state index is 12.5. The average Bonchev–Trinajstić information content (AvgIpc) is 2.98. The van der Waals surface area contributed by atoms with E-state index in [1.54, 1.807) is 11.3 Å². The molecule has 20 heavy (non-hydrogen) atoms. The van der Waals surface area contributed by atoms with Crippen LogP contribution in [0.2, 0.25) is 0 Å². The minimum atomic E-state index is -0.0850. The van der Waals surface area contributed by atoms with Crippen LogP contribution in [0, 0.1) is 0 Å². The number of amides is 1. The fourth-order valence-corrected chi connectivity index (χ4v) is 3.34. The number of nitrogens with zero attached hydrogens (tertiary/aromatic N) is 2. The number of hydrogen-bond acceptors (Lipinski definition) is 3. The molecule has 3 nitrogen and oxygen atoms in total. The predicted molar refractivity (Wildman–Crippen MR) is 87.0 cm³/mol. The van der Waals surface area contributed by atoms with E-state index in [4.69, 9.17) is 0 Å². The van der Waals surface area contributed by atoms with E-state index in [0.717, 1.165) is 20.1 Å². The lowest BCUT2D eigenvalue weighted by Gasteiger charge is -2.10. The van der Waals surface area contributed by atoms with Crippen LogP contribution in [0.3, 0.4) is 0 Å². The van der Waals surface area contributed by atoms with Crippen molar-refractivity contribution in [3.63, 3.8) is 0 Å². The van der Waals surface area contributed by atoms with Gasteiger partial charge in [0.2, 0.25) is 0 Å². The van der Waals surface area contributed by atoms with Crippen molar-refractivity contribution in [1.82, 2.24) is 0 Å². The zero-order valence-electron chi connectivity index (χ0n) is 10.7. The molecule has 0 spiro atoms. The number of hydrogen-bond donors (Lipinski definition) is 0. The fourth-order valence-electron chi connectivity index (χ4n) is 1.98. The van der Waals surface area contributed by atoms with Crippen molar-refractivity contribution in [3.05, 3.63) is 56.7 Å². The zero-order chi connectivity index (χ0) is 14.1. The van der Waals surface area contributed by atoms with Crippen molar-refractivity contribution >= 4 is 50.6 Å². The molecule has 5 heteroatoms. The zero-order valence-corrected chi connectivity index (χ0v) is 13.1. The summed E-state index contributed by atoms with van der Waals surface area (Å²) in [7, 11) is 0. The molecule has 0 fully saturated rings. The second-order valence-corrected chi connectivity index (χ2v) is 6.83. The monoisotopic (exact) mass is 346 g/mol. The number of carbonyl (C=O) groups excluding carboxylic acids is 1. The van der Waals surface area contributed by atoms with Gasteiger partial charge >= 0.3 is 0 Å². The number of anilines is 1. The van der Waals surface area contributed by atoms with Crippen LogP contribution in [-0.4, -0.2) is 11.6 Å². The van der Waals surface area contributed by atoms with E-state index in [0.29, 0.717) is 5.57 Å². The molecule has 3 rings (SSSR count). The van der Waals surface area contributed by atoms with Crippen LogP contribution in [-0.2, 0) is 4.79 Å². The number of thiophene rings is 1. The number of rotatable bonds is 2. The summed E-state index contributed by atoms with van der Waals surface area (Å²) < 4.78 is 1.05. The van der Waals surface area contributed by atoms with E-state index >= 15 is 0 Å². The molecule has 0 saturated heterocycles. The van der Waals surface area contributed by atoms with E-state index in [-0.39, 0.29) is 5.91 Å². The summed E-state index contributed by atoms with van der Waals surface area (Å²) >= 11 is 5.01. The van der Waals surface area contributed by atoms with E-state index in [1.807, 2.05) is 55.5 Å². The Kier molecular flexibility index (Phi) is 3.54. The molecule has 1 aliphatic heterocycles. The Morgan fingerprint density at radius 3 is 2.60 bits per heavy atom. The highest BCUT2D eigenvalue weighted by Gasteiger charge is 2.28. The van der Waals surface area contributed by atoms with Crippen LogP contribution < -0.4 is 5.01 Å². The third-order valence-electron chi connectivity index (χ3n) is 2.94. The fraction of sp³-hybridized carbons (Fsp3) is 0.0667. The highest BCUT2D eigenvalue weighted by molar-refractivity contribution is 9.11. The van der Waals surface area contributed by atoms with Crippen LogP contribution in [0.5, 0.6) is 0 Å². The first kappa shape index (κ1) is 13.3. The van der Waals surface area contributed by atoms with Crippen molar-refractivity contribution in [2.24, 2.45) is 5.10 Å². The molecule has 0 unspecified atom stereocenters. The maximum absolute atomic E-state index is 12.5. The van der Waals surface area contributed by atoms with Crippen molar-refractivity contribution in [2.75, 3.05) is 5.01 Å². The van der Waals surface area contributed by atoms with Crippen molar-refractivity contribution in [1.29, 1.82) is 0 Å². The third kappa shape index (κ3) is 2.46. The number of benzene rings is 1. The molecule has 1 aliphatic rings. The van der Waals surface area contributed by atoms with Crippen molar-refractivity contribution in [3.8, 4) is 0 Å². The third-order valence-corrected chi connectivity index (χ3v) is 4.51. The minimum Gasteiger partial charge on any atom is -0.267 e. The molecular formula is C15H11BrN2OS. The maximum Gasteiger partial charge on any atom is 0.280 e. The first-order valence-electron chi connectivity index (χ1n) is 6.07. The second-order valence-electron chi connectivity index (χ2n) is 4.34. The van der Waals surface area contributed by atoms with Gasteiger partial charge in [-0.1, -0.05) is 18.2 Å². The lowest BCUT2D eigenvalue weighted by molar-refractivity contribution is -0.114. The number of carbonyl (C=O) groups is 1. The molecule has 0 bridgehead atoms. The normalized spacial score (nSPS) is 16.9. The van der Waals surface area contributed by atoms with E-state index in [2.05, 4.69) is 21.0 Å². The van der Waals surface area contributed by atoms with Crippen LogP contribution in [0.25, 0.3) is 6.08 Å². The molecule has 100 valence electrons. The highest BCUT2D eigenvalue weighted by Crippen LogP contribution is 2.28. The van der Waals surface area contributed by atoms with Gasteiger partial charge in [-0.15, -0.1) is 11.3 Å². The van der Waals surface area contributed by atoms with Crippen molar-refractivity contribution in [2.45, 2.75) is 6.92 Å². The van der Waals surface area contributed by atoms with E-state index in [9.17, 15) is 4.79 Å². The van der Waals surface area contributed by atoms with E-state index in [1.165, 1.54) is 5.01 Å². The van der Waals surface area contributed by atoms with Gasteiger partial charge in [-0.05, 0) is 53.2 Å². The van der Waals surface area contributed by atoms with Gasteiger partial charge in [0.1, 0.15) is 0 Å². The lowest BCUT2D eigenvalue weighted by Crippen LogP contribution is -2.21. The largest absolute Gasteiger partial charge is 0.280 e. The standard InChI is InChI=1S/C15H11BrN2OS/c1-10-13(9-12-7-8-14(16)20-12)15(19)18(17-10)11-5-3-2-4-6-11/h2-9H,1H3/b13-9-. The molecule has 2 heterocycles. The summed E-state index contributed by atoms with van der Waals surface area (Å²) in [5.41, 5.74) is 2.17. The SMILES string of the molecule is CC1=NN(c2ccccc2)C(=O)/C1=C\c1ccc(Br)s1. The van der Waals surface area contributed by atoms with Crippen LogP contribution in [0.4, 0.5) is 5.69 Å². The van der Waals surface area contributed by atoms with Crippen LogP contribution in [0.1, 0.15) is 11.8 Å². The Balaban J connectivity index is 1.95. The summed E-state index contributed by atoms with van der Waals surface area (Å²) in [6.07, 6.45) is 1.89. The Bertz CT molecular complexity index is 718. The molecule has 0 N–H and O–H groups in total. The lowest BCUT2D eigenvalue weighted by atomic mass is 10.1. The Morgan fingerprint density at radius 2 is 1.95 bits per heavy atom. The predicted octanol–water partition coefficient (Wildman–Crippen LogP) is 4.32. The molecular weight excluding hydrogens is 336 g/mol. The van der Waals surface area contributed by atoms with Crippen molar-refractivity contribution < 1.29 is 4.79 Å². The highest BCUT2D eigenvalue weighted by atomic mass is 79.9. The Morgan fingerprint density at radius 1 is 1.20 bits per heavy atom. The molecule has 1 amide bonds. The van der Waals surface area contributed by atoms with Crippen LogP contribution in [0.15, 0.2) is 56.9 Å². The molecule has 0 atom stereocenters. The smallest absolute Gasteiger partial charge is 0.267 e. The molecule has 0 radical (unpaired) electrons. The molecule has 2 aromatic rings. The van der Waals surface area contributed by atoms with Gasteiger partial charge in [0, 0.05) is 4.88 Å². The topological polar surface area (TPSA) is 32.7 Å². The van der Waals surface area contributed by atoms with Gasteiger partial charge in [0.15, 0.2) is 0 Å². The number of hydrazone groups is 1. The average molecular weight is 347 g/mol. The first-order valence-corrected chi connectivity index (χ1v) is 7.68. The van der Waals surface area contributed by atoms with E-state index < -0.39 is 0 Å². The second kappa shape index (κ2) is 5.34. The summed E-state index contributed by atoms with van der Waals surface area (Å²) in [5.74, 6) is -0.0850. The Labute approximate surface area is 129 Å². The minimum absolute atomic E-state index is 0.0850. The number of para-hydroxylation sites is 1. The van der Waals surface area contributed by atoms with Gasteiger partial charge in [0.05, 0.1) is 20.8 Å². The Hall–Kier alpha value is -1.72. The summed E-state index contributed by atoms with van der Waals surface area (Å²) in [5, 5.41) is 5.80. The first-order chi connectivity index (χ1) is 9.65. The van der Waals surface area contributed by atoms with Gasteiger partial charge in [0.25, 0.3) is 5.91 Å². The molecule has 1 aromatic heterocycles. The quantitative estimate of drug-likeness (QED) is 0.745. The van der Waals surface area contributed by atoms with Gasteiger partial charge < -0.3 is 0 Å². The van der Waals surface area contributed by atoms with Crippen LogP contribution >= 0.6 is 27.3 Å². The molecule has 1 aromatic carbocycles. The summed E-state index contributed by atoms with van der Waals surface area (Å²) in [6, 6.07) is 13.4. The van der Waals surface area contributed by atoms with Gasteiger partial charge in [-0.25, -0.2) is 0 Å². The van der Waals surface area contributed by atoms with Gasteiger partial charge in [-0.3, -0.25) is 4.79 Å². The summed E-state index contributed by atoms with van der Waals surface area (Å²) in [4.78, 5) is 13.5. The summed E-state index contributed by atoms with van der Waals surface area (Å²) in [6.45, 7) is 1.86. The molecule has 0 aliphatic carbocycles.